The van der Waals surface area contributed by atoms with Crippen molar-refractivity contribution in [2.24, 2.45) is 0 Å². The number of carbonyl (C=O) groups is 1. The van der Waals surface area contributed by atoms with Crippen molar-refractivity contribution in [2.75, 3.05) is 18.4 Å². The number of rotatable bonds is 3. The summed E-state index contributed by atoms with van der Waals surface area (Å²) < 4.78 is 0. The molecule has 1 amide bonds. The van der Waals surface area contributed by atoms with Crippen LogP contribution in [0.3, 0.4) is 0 Å². The molecule has 1 aliphatic rings. The van der Waals surface area contributed by atoms with E-state index >= 15 is 0 Å². The Kier molecular flexibility index (Phi) is 4.06. The van der Waals surface area contributed by atoms with E-state index in [2.05, 4.69) is 20.3 Å². The molecule has 2 N–H and O–H groups in total. The molecular formula is C14H14ClN5O2. The van der Waals surface area contributed by atoms with Gasteiger partial charge < -0.3 is 15.3 Å². The normalized spacial score (nSPS) is 17.5. The van der Waals surface area contributed by atoms with Gasteiger partial charge in [-0.2, -0.15) is 0 Å². The van der Waals surface area contributed by atoms with E-state index in [4.69, 9.17) is 16.7 Å². The van der Waals surface area contributed by atoms with Gasteiger partial charge in [0.05, 0.1) is 5.69 Å². The molecule has 3 heterocycles. The molecule has 8 heteroatoms. The minimum absolute atomic E-state index is 0.0922. The first-order valence-electron chi connectivity index (χ1n) is 6.79. The van der Waals surface area contributed by atoms with Gasteiger partial charge in [0.15, 0.2) is 0 Å². The highest BCUT2D eigenvalue weighted by Crippen LogP contribution is 2.22. The third-order valence-corrected chi connectivity index (χ3v) is 3.72. The van der Waals surface area contributed by atoms with E-state index in [0.29, 0.717) is 13.1 Å². The van der Waals surface area contributed by atoms with Gasteiger partial charge >= 0.3 is 6.09 Å². The van der Waals surface area contributed by atoms with Gasteiger partial charge in [0.2, 0.25) is 5.28 Å². The van der Waals surface area contributed by atoms with Gasteiger partial charge in [-0.15, -0.1) is 0 Å². The van der Waals surface area contributed by atoms with Crippen molar-refractivity contribution in [3.63, 3.8) is 0 Å². The monoisotopic (exact) mass is 319 g/mol. The summed E-state index contributed by atoms with van der Waals surface area (Å²) in [7, 11) is 0. The molecule has 2 aromatic heterocycles. The van der Waals surface area contributed by atoms with Crippen LogP contribution in [0, 0.1) is 0 Å². The second-order valence-electron chi connectivity index (χ2n) is 5.06. The molecule has 114 valence electrons. The molecule has 0 spiro atoms. The molecule has 1 fully saturated rings. The SMILES string of the molecule is O=C(O)N1CC[C@H](Nc2cncc(-c3cnc(Cl)nc3)c2)C1. The lowest BCUT2D eigenvalue weighted by molar-refractivity contribution is 0.155. The molecule has 7 nitrogen and oxygen atoms in total. The number of nitrogens with zero attached hydrogens (tertiary/aromatic N) is 4. The summed E-state index contributed by atoms with van der Waals surface area (Å²) in [5.41, 5.74) is 2.53. The van der Waals surface area contributed by atoms with Crippen LogP contribution in [0.5, 0.6) is 0 Å². The summed E-state index contributed by atoms with van der Waals surface area (Å²) in [5, 5.41) is 12.5. The van der Waals surface area contributed by atoms with Crippen LogP contribution in [-0.4, -0.2) is 50.2 Å². The predicted molar refractivity (Wildman–Crippen MR) is 81.9 cm³/mol. The van der Waals surface area contributed by atoms with Crippen molar-refractivity contribution in [1.29, 1.82) is 0 Å². The van der Waals surface area contributed by atoms with Gasteiger partial charge in [-0.05, 0) is 24.1 Å². The maximum absolute atomic E-state index is 10.9. The van der Waals surface area contributed by atoms with Crippen molar-refractivity contribution in [1.82, 2.24) is 19.9 Å². The zero-order valence-corrected chi connectivity index (χ0v) is 12.4. The van der Waals surface area contributed by atoms with Crippen LogP contribution in [0.4, 0.5) is 10.5 Å². The zero-order valence-electron chi connectivity index (χ0n) is 11.6. The number of hydrogen-bond donors (Lipinski definition) is 2. The summed E-state index contributed by atoms with van der Waals surface area (Å²) in [4.78, 5) is 24.4. The summed E-state index contributed by atoms with van der Waals surface area (Å²) in [6.45, 7) is 1.02. The van der Waals surface area contributed by atoms with Crippen LogP contribution < -0.4 is 5.32 Å². The van der Waals surface area contributed by atoms with Crippen molar-refractivity contribution in [3.05, 3.63) is 36.1 Å². The summed E-state index contributed by atoms with van der Waals surface area (Å²) in [5.74, 6) is 0. The number of hydrogen-bond acceptors (Lipinski definition) is 5. The summed E-state index contributed by atoms with van der Waals surface area (Å²) in [6, 6.07) is 2.03. The van der Waals surface area contributed by atoms with Gasteiger partial charge in [0, 0.05) is 55.0 Å². The van der Waals surface area contributed by atoms with E-state index in [1.807, 2.05) is 6.07 Å². The molecule has 0 unspecified atom stereocenters. The fourth-order valence-electron chi connectivity index (χ4n) is 2.43. The average molecular weight is 320 g/mol. The highest BCUT2D eigenvalue weighted by Gasteiger charge is 2.25. The van der Waals surface area contributed by atoms with Crippen molar-refractivity contribution < 1.29 is 9.90 Å². The minimum atomic E-state index is -0.880. The number of pyridine rings is 1. The number of aromatic nitrogens is 3. The Bertz CT molecular complexity index is 679. The molecule has 0 radical (unpaired) electrons. The number of amides is 1. The van der Waals surface area contributed by atoms with E-state index in [0.717, 1.165) is 23.2 Å². The molecule has 1 saturated heterocycles. The van der Waals surface area contributed by atoms with Crippen LogP contribution in [0.15, 0.2) is 30.9 Å². The third-order valence-electron chi connectivity index (χ3n) is 3.52. The number of nitrogens with one attached hydrogen (secondary N) is 1. The van der Waals surface area contributed by atoms with Gasteiger partial charge in [-0.1, -0.05) is 0 Å². The maximum atomic E-state index is 10.9. The van der Waals surface area contributed by atoms with Crippen molar-refractivity contribution in [2.45, 2.75) is 12.5 Å². The number of carboxylic acid groups (broad SMARTS) is 1. The topological polar surface area (TPSA) is 91.2 Å². The van der Waals surface area contributed by atoms with Gasteiger partial charge in [-0.25, -0.2) is 14.8 Å². The van der Waals surface area contributed by atoms with Crippen LogP contribution in [0.2, 0.25) is 5.28 Å². The lowest BCUT2D eigenvalue weighted by Crippen LogP contribution is -2.30. The second kappa shape index (κ2) is 6.15. The van der Waals surface area contributed by atoms with E-state index < -0.39 is 6.09 Å². The highest BCUT2D eigenvalue weighted by atomic mass is 35.5. The number of anilines is 1. The standard InChI is InChI=1S/C14H14ClN5O2/c15-13-17-5-10(6-18-13)9-3-12(7-16-4-9)19-11-1-2-20(8-11)14(21)22/h3-7,11,19H,1-2,8H2,(H,21,22)/t11-/m0/s1. The fourth-order valence-corrected chi connectivity index (χ4v) is 2.52. The van der Waals surface area contributed by atoms with Crippen LogP contribution >= 0.6 is 11.6 Å². The van der Waals surface area contributed by atoms with E-state index in [9.17, 15) is 4.79 Å². The van der Waals surface area contributed by atoms with E-state index in [1.54, 1.807) is 24.8 Å². The zero-order chi connectivity index (χ0) is 15.5. The smallest absolute Gasteiger partial charge is 0.407 e. The van der Waals surface area contributed by atoms with Gasteiger partial charge in [0.1, 0.15) is 0 Å². The molecule has 1 atom stereocenters. The molecular weight excluding hydrogens is 306 g/mol. The lowest BCUT2D eigenvalue weighted by Gasteiger charge is -2.15. The third kappa shape index (κ3) is 3.25. The number of halogens is 1. The Morgan fingerprint density at radius 1 is 1.27 bits per heavy atom. The number of likely N-dealkylation sites (tertiary alicyclic amines) is 1. The molecule has 0 saturated carbocycles. The fraction of sp³-hybridized carbons (Fsp3) is 0.286. The minimum Gasteiger partial charge on any atom is -0.465 e. The Labute approximate surface area is 132 Å². The molecule has 0 aromatic carbocycles. The Hall–Kier alpha value is -2.41. The first-order chi connectivity index (χ1) is 10.6. The molecule has 0 bridgehead atoms. The van der Waals surface area contributed by atoms with E-state index in [-0.39, 0.29) is 11.3 Å². The average Bonchev–Trinajstić information content (AvgIpc) is 2.97. The quantitative estimate of drug-likeness (QED) is 0.844. The largest absolute Gasteiger partial charge is 0.465 e. The second-order valence-corrected chi connectivity index (χ2v) is 5.40. The molecule has 0 aliphatic carbocycles. The Balaban J connectivity index is 1.72. The molecule has 22 heavy (non-hydrogen) atoms. The maximum Gasteiger partial charge on any atom is 0.407 e. The highest BCUT2D eigenvalue weighted by molar-refractivity contribution is 6.28. The molecule has 1 aliphatic heterocycles. The first-order valence-corrected chi connectivity index (χ1v) is 7.17. The predicted octanol–water partition coefficient (Wildman–Crippen LogP) is 2.36. The Morgan fingerprint density at radius 2 is 2.05 bits per heavy atom. The molecule has 2 aromatic rings. The van der Waals surface area contributed by atoms with Crippen molar-refractivity contribution >= 4 is 23.4 Å². The van der Waals surface area contributed by atoms with Crippen LogP contribution in [0.1, 0.15) is 6.42 Å². The van der Waals surface area contributed by atoms with E-state index in [1.165, 1.54) is 4.90 Å². The Morgan fingerprint density at radius 3 is 2.73 bits per heavy atom. The van der Waals surface area contributed by atoms with Crippen LogP contribution in [-0.2, 0) is 0 Å². The summed E-state index contributed by atoms with van der Waals surface area (Å²) >= 11 is 5.68. The lowest BCUT2D eigenvalue weighted by atomic mass is 10.1. The first kappa shape index (κ1) is 14.5. The van der Waals surface area contributed by atoms with Gasteiger partial charge in [0.25, 0.3) is 0 Å². The molecule has 3 rings (SSSR count). The van der Waals surface area contributed by atoms with Gasteiger partial charge in [-0.3, -0.25) is 4.98 Å². The summed E-state index contributed by atoms with van der Waals surface area (Å²) in [6.07, 6.45) is 6.60. The van der Waals surface area contributed by atoms with Crippen molar-refractivity contribution in [3.8, 4) is 11.1 Å². The van der Waals surface area contributed by atoms with Crippen LogP contribution in [0.25, 0.3) is 11.1 Å².